The zero-order chi connectivity index (χ0) is 20.9. The molecule has 6 heteroatoms. The molecular formula is C24H30N4O2. The highest BCUT2D eigenvalue weighted by atomic mass is 16.3. The van der Waals surface area contributed by atoms with Crippen LogP contribution in [0.4, 0.5) is 5.69 Å². The van der Waals surface area contributed by atoms with Crippen molar-refractivity contribution in [3.05, 3.63) is 35.5 Å². The van der Waals surface area contributed by atoms with Gasteiger partial charge in [-0.3, -0.25) is 9.89 Å². The second-order valence-corrected chi connectivity index (χ2v) is 9.51. The van der Waals surface area contributed by atoms with Gasteiger partial charge in [0, 0.05) is 47.4 Å². The lowest BCUT2D eigenvalue weighted by Gasteiger charge is -2.31. The number of anilines is 1. The Bertz CT molecular complexity index is 1090. The highest BCUT2D eigenvalue weighted by Crippen LogP contribution is 2.38. The molecule has 5 rings (SSSR count). The first-order valence-corrected chi connectivity index (χ1v) is 11.1. The van der Waals surface area contributed by atoms with Crippen LogP contribution < -0.4 is 4.90 Å². The van der Waals surface area contributed by atoms with Crippen LogP contribution in [0, 0.1) is 11.3 Å². The van der Waals surface area contributed by atoms with Gasteiger partial charge in [-0.2, -0.15) is 5.10 Å². The maximum Gasteiger partial charge on any atom is 0.229 e. The van der Waals surface area contributed by atoms with E-state index in [4.69, 9.17) is 0 Å². The summed E-state index contributed by atoms with van der Waals surface area (Å²) >= 11 is 0. The molecule has 158 valence electrons. The number of amides is 1. The second-order valence-electron chi connectivity index (χ2n) is 9.51. The summed E-state index contributed by atoms with van der Waals surface area (Å²) in [4.78, 5) is 18.1. The number of hydrogen-bond donors (Lipinski definition) is 3. The third-order valence-electron chi connectivity index (χ3n) is 7.20. The molecule has 0 aliphatic heterocycles. The molecule has 2 aliphatic carbocycles. The molecule has 3 N–H and O–H groups in total. The first kappa shape index (κ1) is 19.4. The standard InChI is InChI=1S/C24H30N4O2/c1-24(14-29)10-9-18-21(13-24)26-27-22(18)20-11-16-7-8-17(12-19(16)25-20)28(2)23(30)15-5-3-4-6-15/h7-8,11-12,15,25,29H,3-6,9-10,13-14H2,1-2H3,(H,26,27). The Hall–Kier alpha value is -2.60. The normalized spacial score (nSPS) is 21.8. The van der Waals surface area contributed by atoms with E-state index in [1.165, 1.54) is 5.56 Å². The van der Waals surface area contributed by atoms with Crippen molar-refractivity contribution in [3.63, 3.8) is 0 Å². The number of nitrogens with one attached hydrogen (secondary N) is 2. The highest BCUT2D eigenvalue weighted by Gasteiger charge is 2.32. The number of rotatable bonds is 4. The van der Waals surface area contributed by atoms with E-state index in [0.717, 1.165) is 78.6 Å². The van der Waals surface area contributed by atoms with E-state index >= 15 is 0 Å². The molecule has 1 atom stereocenters. The van der Waals surface area contributed by atoms with Gasteiger partial charge in [0.25, 0.3) is 0 Å². The summed E-state index contributed by atoms with van der Waals surface area (Å²) in [6.45, 7) is 2.33. The molecule has 1 saturated carbocycles. The number of benzene rings is 1. The Morgan fingerprint density at radius 2 is 2.10 bits per heavy atom. The first-order valence-electron chi connectivity index (χ1n) is 11.1. The number of aliphatic hydroxyl groups excluding tert-OH is 1. The minimum absolute atomic E-state index is 0.0669. The van der Waals surface area contributed by atoms with Gasteiger partial charge >= 0.3 is 0 Å². The summed E-state index contributed by atoms with van der Waals surface area (Å²) in [6, 6.07) is 8.30. The minimum Gasteiger partial charge on any atom is -0.396 e. The maximum atomic E-state index is 12.8. The lowest BCUT2D eigenvalue weighted by Crippen LogP contribution is -2.31. The van der Waals surface area contributed by atoms with Gasteiger partial charge < -0.3 is 15.0 Å². The molecule has 0 spiro atoms. The fourth-order valence-corrected chi connectivity index (χ4v) is 5.14. The van der Waals surface area contributed by atoms with Crippen LogP contribution in [-0.4, -0.2) is 39.8 Å². The molecule has 1 fully saturated rings. The Kier molecular flexibility index (Phi) is 4.69. The lowest BCUT2D eigenvalue weighted by molar-refractivity contribution is -0.121. The van der Waals surface area contributed by atoms with Gasteiger partial charge in [-0.25, -0.2) is 0 Å². The number of aromatic amines is 2. The van der Waals surface area contributed by atoms with Crippen molar-refractivity contribution in [2.45, 2.75) is 51.9 Å². The molecule has 6 nitrogen and oxygen atoms in total. The van der Waals surface area contributed by atoms with Gasteiger partial charge in [-0.1, -0.05) is 25.8 Å². The van der Waals surface area contributed by atoms with E-state index in [2.05, 4.69) is 40.3 Å². The Morgan fingerprint density at radius 1 is 1.30 bits per heavy atom. The number of carbonyl (C=O) groups is 1. The number of nitrogens with zero attached hydrogens (tertiary/aromatic N) is 2. The minimum atomic E-state index is -0.0669. The van der Waals surface area contributed by atoms with Crippen LogP contribution in [-0.2, 0) is 17.6 Å². The average Bonchev–Trinajstić information content (AvgIpc) is 3.50. The number of aromatic nitrogens is 3. The monoisotopic (exact) mass is 406 g/mol. The predicted molar refractivity (Wildman–Crippen MR) is 118 cm³/mol. The topological polar surface area (TPSA) is 85.0 Å². The fraction of sp³-hybridized carbons (Fsp3) is 0.500. The molecule has 1 unspecified atom stereocenters. The van der Waals surface area contributed by atoms with Crippen molar-refractivity contribution < 1.29 is 9.90 Å². The zero-order valence-corrected chi connectivity index (χ0v) is 17.8. The first-order chi connectivity index (χ1) is 14.5. The third kappa shape index (κ3) is 3.23. The van der Waals surface area contributed by atoms with E-state index in [1.807, 2.05) is 18.0 Å². The van der Waals surface area contributed by atoms with Gasteiger partial charge in [0.2, 0.25) is 5.91 Å². The molecule has 1 amide bonds. The van der Waals surface area contributed by atoms with Crippen LogP contribution >= 0.6 is 0 Å². The molecule has 1 aromatic carbocycles. The van der Waals surface area contributed by atoms with Crippen LogP contribution in [0.1, 0.15) is 50.3 Å². The van der Waals surface area contributed by atoms with Crippen LogP contribution in [0.3, 0.4) is 0 Å². The lowest BCUT2D eigenvalue weighted by atomic mass is 9.75. The van der Waals surface area contributed by atoms with Crippen LogP contribution in [0.2, 0.25) is 0 Å². The Balaban J connectivity index is 1.43. The zero-order valence-electron chi connectivity index (χ0n) is 17.8. The van der Waals surface area contributed by atoms with E-state index in [1.54, 1.807) is 0 Å². The molecule has 0 saturated heterocycles. The van der Waals surface area contributed by atoms with E-state index in [0.29, 0.717) is 0 Å². The number of fused-ring (bicyclic) bond motifs is 2. The highest BCUT2D eigenvalue weighted by molar-refractivity contribution is 5.97. The van der Waals surface area contributed by atoms with Crippen molar-refractivity contribution in [1.82, 2.24) is 15.2 Å². The van der Waals surface area contributed by atoms with Crippen molar-refractivity contribution in [3.8, 4) is 11.4 Å². The second kappa shape index (κ2) is 7.27. The van der Waals surface area contributed by atoms with Crippen molar-refractivity contribution >= 4 is 22.5 Å². The maximum absolute atomic E-state index is 12.8. The van der Waals surface area contributed by atoms with Gasteiger partial charge in [0.15, 0.2) is 0 Å². The largest absolute Gasteiger partial charge is 0.396 e. The van der Waals surface area contributed by atoms with Crippen LogP contribution in [0.25, 0.3) is 22.3 Å². The molecule has 2 heterocycles. The molecular weight excluding hydrogens is 376 g/mol. The summed E-state index contributed by atoms with van der Waals surface area (Å²) in [5.74, 6) is 0.400. The SMILES string of the molecule is CN(C(=O)C1CCCC1)c1ccc2cc(-c3n[nH]c4c3CCC(C)(CO)C4)[nH]c2c1. The third-order valence-corrected chi connectivity index (χ3v) is 7.20. The summed E-state index contributed by atoms with van der Waals surface area (Å²) in [6.07, 6.45) is 7.04. The molecule has 3 aromatic rings. The van der Waals surface area contributed by atoms with Crippen molar-refractivity contribution in [1.29, 1.82) is 0 Å². The van der Waals surface area contributed by atoms with Gasteiger partial charge in [0.05, 0.1) is 5.69 Å². The molecule has 0 bridgehead atoms. The number of H-pyrrole nitrogens is 2. The van der Waals surface area contributed by atoms with Gasteiger partial charge in [-0.15, -0.1) is 0 Å². The number of hydrogen-bond acceptors (Lipinski definition) is 3. The van der Waals surface area contributed by atoms with E-state index < -0.39 is 0 Å². The Morgan fingerprint density at radius 3 is 2.87 bits per heavy atom. The molecule has 30 heavy (non-hydrogen) atoms. The fourth-order valence-electron chi connectivity index (χ4n) is 5.14. The molecule has 2 aromatic heterocycles. The summed E-state index contributed by atoms with van der Waals surface area (Å²) < 4.78 is 0. The summed E-state index contributed by atoms with van der Waals surface area (Å²) in [5.41, 5.74) is 6.23. The Labute approximate surface area is 176 Å². The summed E-state index contributed by atoms with van der Waals surface area (Å²) in [5, 5.41) is 18.6. The van der Waals surface area contributed by atoms with Gasteiger partial charge in [-0.05, 0) is 55.7 Å². The quantitative estimate of drug-likeness (QED) is 0.607. The smallest absolute Gasteiger partial charge is 0.229 e. The van der Waals surface area contributed by atoms with E-state index in [-0.39, 0.29) is 23.8 Å². The van der Waals surface area contributed by atoms with Gasteiger partial charge in [0.1, 0.15) is 5.69 Å². The average molecular weight is 407 g/mol. The molecule has 2 aliphatic rings. The molecule has 0 radical (unpaired) electrons. The predicted octanol–water partition coefficient (Wildman–Crippen LogP) is 4.20. The van der Waals surface area contributed by atoms with Crippen LogP contribution in [0.15, 0.2) is 24.3 Å². The van der Waals surface area contributed by atoms with Crippen molar-refractivity contribution in [2.24, 2.45) is 11.3 Å². The number of aliphatic hydroxyl groups is 1. The summed E-state index contributed by atoms with van der Waals surface area (Å²) in [7, 11) is 1.88. The van der Waals surface area contributed by atoms with Crippen molar-refractivity contribution in [2.75, 3.05) is 18.6 Å². The van der Waals surface area contributed by atoms with E-state index in [9.17, 15) is 9.90 Å². The van der Waals surface area contributed by atoms with Crippen LogP contribution in [0.5, 0.6) is 0 Å². The number of carbonyl (C=O) groups excluding carboxylic acids is 1.